The minimum Gasteiger partial charge on any atom is -0.192 e. The van der Waals surface area contributed by atoms with E-state index < -0.39 is 0 Å². The fourth-order valence-electron chi connectivity index (χ4n) is 4.34. The molecule has 0 aromatic heterocycles. The van der Waals surface area contributed by atoms with E-state index in [4.69, 9.17) is 5.26 Å². The van der Waals surface area contributed by atoms with Crippen molar-refractivity contribution in [2.75, 3.05) is 0 Å². The van der Waals surface area contributed by atoms with Crippen molar-refractivity contribution in [3.05, 3.63) is 71.3 Å². The fraction of sp³-hybridized carbons (Fsp3) is 0.320. The lowest BCUT2D eigenvalue weighted by atomic mass is 9.79. The van der Waals surface area contributed by atoms with Crippen molar-refractivity contribution in [1.29, 1.82) is 5.26 Å². The minimum absolute atomic E-state index is 0.709. The molecule has 0 aliphatic heterocycles. The van der Waals surface area contributed by atoms with Crippen molar-refractivity contribution in [3.8, 4) is 17.2 Å². The summed E-state index contributed by atoms with van der Waals surface area (Å²) in [7, 11) is 0. The normalized spacial score (nSPS) is 16.2. The maximum Gasteiger partial charge on any atom is 0.0991 e. The lowest BCUT2D eigenvalue weighted by Gasteiger charge is -2.26. The SMILES string of the molecule is CCCCC1CCc2c(ccc3cc(-c4ccc(C#N)cc4)ccc23)C1. The molecular formula is C25H25N. The first-order chi connectivity index (χ1) is 12.8. The van der Waals surface area contributed by atoms with Gasteiger partial charge in [-0.1, -0.05) is 62.6 Å². The van der Waals surface area contributed by atoms with Gasteiger partial charge in [-0.15, -0.1) is 0 Å². The number of benzene rings is 3. The van der Waals surface area contributed by atoms with Crippen LogP contribution in [0.15, 0.2) is 54.6 Å². The molecule has 1 aliphatic carbocycles. The first-order valence-corrected chi connectivity index (χ1v) is 9.83. The van der Waals surface area contributed by atoms with Crippen LogP contribution in [-0.2, 0) is 12.8 Å². The summed E-state index contributed by atoms with van der Waals surface area (Å²) in [4.78, 5) is 0. The molecule has 0 N–H and O–H groups in total. The summed E-state index contributed by atoms with van der Waals surface area (Å²) in [6.45, 7) is 2.29. The van der Waals surface area contributed by atoms with Gasteiger partial charge in [0.15, 0.2) is 0 Å². The molecule has 1 nitrogen and oxygen atoms in total. The van der Waals surface area contributed by atoms with Crippen LogP contribution >= 0.6 is 0 Å². The van der Waals surface area contributed by atoms with Gasteiger partial charge in [-0.3, -0.25) is 0 Å². The van der Waals surface area contributed by atoms with Crippen LogP contribution in [0.4, 0.5) is 0 Å². The number of unbranched alkanes of at least 4 members (excludes halogenated alkanes) is 1. The highest BCUT2D eigenvalue weighted by Crippen LogP contribution is 2.35. The first-order valence-electron chi connectivity index (χ1n) is 9.83. The summed E-state index contributed by atoms with van der Waals surface area (Å²) in [5, 5.41) is 11.7. The molecule has 1 aliphatic rings. The summed E-state index contributed by atoms with van der Waals surface area (Å²) in [6, 6.07) is 21.5. The predicted octanol–water partition coefficient (Wildman–Crippen LogP) is 6.67. The van der Waals surface area contributed by atoms with Crippen LogP contribution in [-0.4, -0.2) is 0 Å². The molecular weight excluding hydrogens is 314 g/mol. The largest absolute Gasteiger partial charge is 0.192 e. The Morgan fingerprint density at radius 3 is 2.58 bits per heavy atom. The molecule has 0 amide bonds. The van der Waals surface area contributed by atoms with E-state index >= 15 is 0 Å². The number of hydrogen-bond donors (Lipinski definition) is 0. The van der Waals surface area contributed by atoms with Crippen molar-refractivity contribution < 1.29 is 0 Å². The van der Waals surface area contributed by atoms with E-state index in [0.717, 1.165) is 5.92 Å². The third kappa shape index (κ3) is 3.25. The molecule has 0 bridgehead atoms. The number of rotatable bonds is 4. The van der Waals surface area contributed by atoms with Crippen molar-refractivity contribution >= 4 is 10.8 Å². The highest BCUT2D eigenvalue weighted by molar-refractivity contribution is 5.91. The van der Waals surface area contributed by atoms with Crippen LogP contribution < -0.4 is 0 Å². The zero-order valence-electron chi connectivity index (χ0n) is 15.5. The number of nitriles is 1. The lowest BCUT2D eigenvalue weighted by molar-refractivity contribution is 0.414. The molecule has 0 spiro atoms. The molecule has 0 saturated heterocycles. The molecule has 1 heteroatoms. The Morgan fingerprint density at radius 2 is 1.81 bits per heavy atom. The van der Waals surface area contributed by atoms with E-state index in [-0.39, 0.29) is 0 Å². The van der Waals surface area contributed by atoms with E-state index in [1.807, 2.05) is 24.3 Å². The van der Waals surface area contributed by atoms with Gasteiger partial charge in [0, 0.05) is 0 Å². The lowest BCUT2D eigenvalue weighted by Crippen LogP contribution is -2.14. The van der Waals surface area contributed by atoms with Crippen LogP contribution in [0.2, 0.25) is 0 Å². The van der Waals surface area contributed by atoms with Crippen LogP contribution in [0.5, 0.6) is 0 Å². The first kappa shape index (κ1) is 16.9. The van der Waals surface area contributed by atoms with Gasteiger partial charge in [-0.2, -0.15) is 5.26 Å². The summed E-state index contributed by atoms with van der Waals surface area (Å²) in [5.74, 6) is 0.873. The Morgan fingerprint density at radius 1 is 1.00 bits per heavy atom. The maximum absolute atomic E-state index is 8.97. The summed E-state index contributed by atoms with van der Waals surface area (Å²) < 4.78 is 0. The Hall–Kier alpha value is -2.59. The second-order valence-electron chi connectivity index (χ2n) is 7.58. The highest BCUT2D eigenvalue weighted by atomic mass is 14.2. The van der Waals surface area contributed by atoms with E-state index in [1.54, 1.807) is 11.1 Å². The Bertz CT molecular complexity index is 960. The second-order valence-corrected chi connectivity index (χ2v) is 7.58. The minimum atomic E-state index is 0.709. The fourth-order valence-corrected chi connectivity index (χ4v) is 4.34. The van der Waals surface area contributed by atoms with E-state index in [0.29, 0.717) is 5.56 Å². The zero-order chi connectivity index (χ0) is 17.9. The molecule has 26 heavy (non-hydrogen) atoms. The summed E-state index contributed by atoms with van der Waals surface area (Å²) in [5.41, 5.74) is 6.24. The number of aryl methyl sites for hydroxylation is 1. The van der Waals surface area contributed by atoms with Crippen molar-refractivity contribution in [2.24, 2.45) is 5.92 Å². The zero-order valence-corrected chi connectivity index (χ0v) is 15.5. The second kappa shape index (κ2) is 7.34. The molecule has 1 unspecified atom stereocenters. The predicted molar refractivity (Wildman–Crippen MR) is 109 cm³/mol. The molecule has 1 atom stereocenters. The van der Waals surface area contributed by atoms with Crippen molar-refractivity contribution in [2.45, 2.75) is 45.4 Å². The topological polar surface area (TPSA) is 23.8 Å². The smallest absolute Gasteiger partial charge is 0.0991 e. The van der Waals surface area contributed by atoms with Gasteiger partial charge in [0.05, 0.1) is 11.6 Å². The summed E-state index contributed by atoms with van der Waals surface area (Å²) in [6.07, 6.45) is 7.86. The van der Waals surface area contributed by atoms with Gasteiger partial charge in [0.2, 0.25) is 0 Å². The summed E-state index contributed by atoms with van der Waals surface area (Å²) >= 11 is 0. The van der Waals surface area contributed by atoms with Crippen LogP contribution in [0.3, 0.4) is 0 Å². The molecule has 0 radical (unpaired) electrons. The van der Waals surface area contributed by atoms with Crippen molar-refractivity contribution in [1.82, 2.24) is 0 Å². The van der Waals surface area contributed by atoms with E-state index in [1.165, 1.54) is 60.4 Å². The molecule has 0 heterocycles. The van der Waals surface area contributed by atoms with Gasteiger partial charge in [-0.25, -0.2) is 0 Å². The standard InChI is InChI=1S/C25H25N/c1-2-3-4-18-7-13-24-22(15-18)10-11-23-16-21(12-14-25(23)24)20-8-5-19(17-26)6-9-20/h5-6,8-12,14,16,18H,2-4,7,13,15H2,1H3. The Balaban J connectivity index is 1.65. The van der Waals surface area contributed by atoms with Gasteiger partial charge in [0.25, 0.3) is 0 Å². The van der Waals surface area contributed by atoms with Crippen LogP contribution in [0, 0.1) is 17.2 Å². The van der Waals surface area contributed by atoms with Crippen LogP contribution in [0.1, 0.15) is 49.3 Å². The highest BCUT2D eigenvalue weighted by Gasteiger charge is 2.20. The van der Waals surface area contributed by atoms with Crippen LogP contribution in [0.25, 0.3) is 21.9 Å². The molecule has 4 rings (SSSR count). The van der Waals surface area contributed by atoms with Gasteiger partial charge in [-0.05, 0) is 76.4 Å². The average molecular weight is 339 g/mol. The molecule has 3 aromatic rings. The molecule has 130 valence electrons. The number of nitrogens with zero attached hydrogens (tertiary/aromatic N) is 1. The van der Waals surface area contributed by atoms with E-state index in [2.05, 4.69) is 43.3 Å². The van der Waals surface area contributed by atoms with Gasteiger partial charge in [0.1, 0.15) is 0 Å². The third-order valence-electron chi connectivity index (χ3n) is 5.85. The Kier molecular flexibility index (Phi) is 4.76. The maximum atomic E-state index is 8.97. The molecule has 3 aromatic carbocycles. The quantitative estimate of drug-likeness (QED) is 0.520. The van der Waals surface area contributed by atoms with Gasteiger partial charge >= 0.3 is 0 Å². The molecule has 0 saturated carbocycles. The average Bonchev–Trinajstić information content (AvgIpc) is 2.71. The monoisotopic (exact) mass is 339 g/mol. The number of fused-ring (bicyclic) bond motifs is 3. The van der Waals surface area contributed by atoms with Gasteiger partial charge < -0.3 is 0 Å². The molecule has 0 fully saturated rings. The van der Waals surface area contributed by atoms with E-state index in [9.17, 15) is 0 Å². The van der Waals surface area contributed by atoms with Crippen molar-refractivity contribution in [3.63, 3.8) is 0 Å². The Labute approximate surface area is 156 Å². The third-order valence-corrected chi connectivity index (χ3v) is 5.85. The number of hydrogen-bond acceptors (Lipinski definition) is 1.